The molecule has 0 saturated heterocycles. The average Bonchev–Trinajstić information content (AvgIpc) is 3.00. The number of nitrogens with one attached hydrogen (secondary N) is 3. The summed E-state index contributed by atoms with van der Waals surface area (Å²) >= 11 is 1.54. The van der Waals surface area contributed by atoms with E-state index in [9.17, 15) is 19.5 Å². The van der Waals surface area contributed by atoms with Gasteiger partial charge in [0.2, 0.25) is 5.91 Å². The lowest BCUT2D eigenvalue weighted by atomic mass is 9.76. The number of H-pyrrole nitrogens is 2. The van der Waals surface area contributed by atoms with Gasteiger partial charge in [0, 0.05) is 16.5 Å². The Morgan fingerprint density at radius 1 is 1.39 bits per heavy atom. The zero-order valence-electron chi connectivity index (χ0n) is 12.2. The first-order chi connectivity index (χ1) is 11.0. The first kappa shape index (κ1) is 15.7. The molecule has 0 aliphatic heterocycles. The van der Waals surface area contributed by atoms with Gasteiger partial charge in [0.15, 0.2) is 0 Å². The van der Waals surface area contributed by atoms with E-state index in [0.717, 1.165) is 10.9 Å². The molecule has 3 rings (SSSR count). The fourth-order valence-electron chi connectivity index (χ4n) is 2.78. The van der Waals surface area contributed by atoms with Crippen molar-refractivity contribution in [2.45, 2.75) is 31.4 Å². The van der Waals surface area contributed by atoms with Crippen molar-refractivity contribution in [3.05, 3.63) is 54.7 Å². The summed E-state index contributed by atoms with van der Waals surface area (Å²) in [7, 11) is 0. The highest BCUT2D eigenvalue weighted by Gasteiger charge is 2.36. The second kappa shape index (κ2) is 6.51. The Hall–Kier alpha value is -2.19. The molecule has 0 spiro atoms. The highest BCUT2D eigenvalue weighted by Crippen LogP contribution is 2.39. The van der Waals surface area contributed by atoms with Crippen molar-refractivity contribution in [1.82, 2.24) is 15.5 Å². The zero-order valence-corrected chi connectivity index (χ0v) is 13.1. The number of hydrogen-bond donors (Lipinski definition) is 4. The van der Waals surface area contributed by atoms with Gasteiger partial charge in [-0.25, -0.2) is 0 Å². The summed E-state index contributed by atoms with van der Waals surface area (Å²) in [5, 5.41) is 18.7. The minimum absolute atomic E-state index is 0.129. The van der Waals surface area contributed by atoms with E-state index in [1.54, 1.807) is 11.3 Å². The SMILES string of the molecule is O=C(Cc1cc(=O)[nH][nH]c1=O)N[C@@H](c1cccs1)C1CC(O)C1. The quantitative estimate of drug-likeness (QED) is 0.629. The lowest BCUT2D eigenvalue weighted by molar-refractivity contribution is -0.122. The van der Waals surface area contributed by atoms with Crippen molar-refractivity contribution in [1.29, 1.82) is 0 Å². The fourth-order valence-corrected chi connectivity index (χ4v) is 3.65. The smallest absolute Gasteiger partial charge is 0.266 e. The van der Waals surface area contributed by atoms with Gasteiger partial charge in [-0.2, -0.15) is 0 Å². The summed E-state index contributed by atoms with van der Waals surface area (Å²) in [4.78, 5) is 36.2. The van der Waals surface area contributed by atoms with Gasteiger partial charge in [-0.15, -0.1) is 11.3 Å². The number of thiophene rings is 1. The average molecular weight is 335 g/mol. The molecule has 122 valence electrons. The van der Waals surface area contributed by atoms with Crippen molar-refractivity contribution >= 4 is 17.2 Å². The van der Waals surface area contributed by atoms with Gasteiger partial charge in [-0.05, 0) is 30.2 Å². The number of hydrogen-bond acceptors (Lipinski definition) is 5. The lowest BCUT2D eigenvalue weighted by Crippen LogP contribution is -2.42. The minimum atomic E-state index is -0.480. The second-order valence-corrected chi connectivity index (χ2v) is 6.71. The molecular formula is C15H17N3O4S. The van der Waals surface area contributed by atoms with Crippen LogP contribution in [0.15, 0.2) is 33.2 Å². The van der Waals surface area contributed by atoms with Gasteiger partial charge < -0.3 is 10.4 Å². The molecule has 7 nitrogen and oxygen atoms in total. The van der Waals surface area contributed by atoms with Crippen LogP contribution < -0.4 is 16.4 Å². The van der Waals surface area contributed by atoms with Crippen molar-refractivity contribution < 1.29 is 9.90 Å². The molecular weight excluding hydrogens is 318 g/mol. The van der Waals surface area contributed by atoms with Crippen LogP contribution in [0.1, 0.15) is 29.3 Å². The summed E-state index contributed by atoms with van der Waals surface area (Å²) in [5.74, 6) is -0.133. The molecule has 8 heteroatoms. The Kier molecular flexibility index (Phi) is 4.44. The van der Waals surface area contributed by atoms with Crippen LogP contribution in [0.2, 0.25) is 0 Å². The summed E-state index contributed by atoms with van der Waals surface area (Å²) < 4.78 is 0. The number of amides is 1. The molecule has 1 amide bonds. The first-order valence-corrected chi connectivity index (χ1v) is 8.22. The molecule has 1 aliphatic rings. The van der Waals surface area contributed by atoms with Gasteiger partial charge in [0.1, 0.15) is 0 Å². The maximum atomic E-state index is 12.3. The maximum absolute atomic E-state index is 12.3. The van der Waals surface area contributed by atoms with Gasteiger partial charge >= 0.3 is 0 Å². The summed E-state index contributed by atoms with van der Waals surface area (Å²) in [6.07, 6.45) is 0.828. The Bertz CT molecular complexity index is 790. The predicted octanol–water partition coefficient (Wildman–Crippen LogP) is 0.296. The topological polar surface area (TPSA) is 115 Å². The van der Waals surface area contributed by atoms with E-state index in [1.807, 2.05) is 17.5 Å². The molecule has 1 aliphatic carbocycles. The number of aromatic amines is 2. The van der Waals surface area contributed by atoms with Crippen LogP contribution in [0.25, 0.3) is 0 Å². The number of carbonyl (C=O) groups excluding carboxylic acids is 1. The Labute approximate surface area is 135 Å². The van der Waals surface area contributed by atoms with E-state index in [4.69, 9.17) is 0 Å². The fraction of sp³-hybridized carbons (Fsp3) is 0.400. The second-order valence-electron chi connectivity index (χ2n) is 5.74. The molecule has 4 N–H and O–H groups in total. The number of carbonyl (C=O) groups is 1. The van der Waals surface area contributed by atoms with Gasteiger partial charge in [0.05, 0.1) is 18.6 Å². The molecule has 2 heterocycles. The molecule has 0 radical (unpaired) electrons. The van der Waals surface area contributed by atoms with Gasteiger partial charge in [0.25, 0.3) is 11.1 Å². The van der Waals surface area contributed by atoms with Crippen LogP contribution in [0, 0.1) is 5.92 Å². The summed E-state index contributed by atoms with van der Waals surface area (Å²) in [6.45, 7) is 0. The number of aromatic nitrogens is 2. The maximum Gasteiger partial charge on any atom is 0.266 e. The summed E-state index contributed by atoms with van der Waals surface area (Å²) in [5.41, 5.74) is -0.805. The highest BCUT2D eigenvalue weighted by molar-refractivity contribution is 7.10. The molecule has 1 atom stereocenters. The Morgan fingerprint density at radius 2 is 2.17 bits per heavy atom. The molecule has 1 saturated carbocycles. The Balaban J connectivity index is 1.72. The lowest BCUT2D eigenvalue weighted by Gasteiger charge is -2.37. The van der Waals surface area contributed by atoms with Gasteiger partial charge in [-0.3, -0.25) is 24.6 Å². The van der Waals surface area contributed by atoms with Crippen molar-refractivity contribution in [3.63, 3.8) is 0 Å². The van der Waals surface area contributed by atoms with Crippen molar-refractivity contribution in [2.24, 2.45) is 5.92 Å². The standard InChI is InChI=1S/C15H17N3O4S/c19-10-4-8(5-10)14(11-2-1-3-23-11)16-12(20)6-9-7-13(21)17-18-15(9)22/h1-3,7-8,10,14,19H,4-6H2,(H,16,20)(H,17,21)(H,18,22)/t8?,10?,14-/m1/s1. The monoisotopic (exact) mass is 335 g/mol. The van der Waals surface area contributed by atoms with Crippen LogP contribution in [0.5, 0.6) is 0 Å². The Morgan fingerprint density at radius 3 is 2.83 bits per heavy atom. The van der Waals surface area contributed by atoms with Crippen LogP contribution in [0.3, 0.4) is 0 Å². The molecule has 0 unspecified atom stereocenters. The third-order valence-corrected chi connectivity index (χ3v) is 4.99. The predicted molar refractivity (Wildman–Crippen MR) is 85.3 cm³/mol. The first-order valence-electron chi connectivity index (χ1n) is 7.34. The molecule has 2 aromatic heterocycles. The largest absolute Gasteiger partial charge is 0.393 e. The van der Waals surface area contributed by atoms with Gasteiger partial charge in [-0.1, -0.05) is 6.07 Å². The van der Waals surface area contributed by atoms with E-state index in [0.29, 0.717) is 12.8 Å². The molecule has 0 aromatic carbocycles. The third-order valence-electron chi connectivity index (χ3n) is 4.03. The van der Waals surface area contributed by atoms with Crippen LogP contribution in [-0.2, 0) is 11.2 Å². The summed E-state index contributed by atoms with van der Waals surface area (Å²) in [6, 6.07) is 4.81. The van der Waals surface area contributed by atoms with E-state index >= 15 is 0 Å². The number of aliphatic hydroxyl groups excluding tert-OH is 1. The van der Waals surface area contributed by atoms with E-state index in [2.05, 4.69) is 15.5 Å². The van der Waals surface area contributed by atoms with E-state index in [1.165, 1.54) is 0 Å². The van der Waals surface area contributed by atoms with Crippen LogP contribution in [0.4, 0.5) is 0 Å². The molecule has 2 aromatic rings. The molecule has 23 heavy (non-hydrogen) atoms. The zero-order chi connectivity index (χ0) is 16.4. The van der Waals surface area contributed by atoms with Crippen molar-refractivity contribution in [3.8, 4) is 0 Å². The number of rotatable bonds is 5. The number of aliphatic hydroxyl groups is 1. The molecule has 0 bridgehead atoms. The van der Waals surface area contributed by atoms with E-state index < -0.39 is 11.1 Å². The van der Waals surface area contributed by atoms with E-state index in [-0.39, 0.29) is 36.0 Å². The molecule has 1 fully saturated rings. The van der Waals surface area contributed by atoms with Crippen LogP contribution >= 0.6 is 11.3 Å². The minimum Gasteiger partial charge on any atom is -0.393 e. The van der Waals surface area contributed by atoms with Crippen LogP contribution in [-0.4, -0.2) is 27.3 Å². The van der Waals surface area contributed by atoms with Crippen molar-refractivity contribution in [2.75, 3.05) is 0 Å². The highest BCUT2D eigenvalue weighted by atomic mass is 32.1. The normalized spacial score (nSPS) is 21.4. The third kappa shape index (κ3) is 3.59.